The van der Waals surface area contributed by atoms with Crippen LogP contribution in [0.25, 0.3) is 0 Å². The molecule has 0 aliphatic rings. The van der Waals surface area contributed by atoms with Crippen molar-refractivity contribution in [2.75, 3.05) is 33.4 Å². The Morgan fingerprint density at radius 3 is 2.33 bits per heavy atom. The summed E-state index contributed by atoms with van der Waals surface area (Å²) in [7, 11) is -2.03. The zero-order chi connectivity index (χ0) is 20.5. The van der Waals surface area contributed by atoms with E-state index in [0.29, 0.717) is 32.0 Å². The van der Waals surface area contributed by atoms with Crippen LogP contribution in [-0.4, -0.2) is 52.2 Å². The number of benzene rings is 1. The molecule has 0 unspecified atom stereocenters. The number of nitrogens with one attached hydrogen (secondary N) is 1. The third-order valence-electron chi connectivity index (χ3n) is 4.23. The highest BCUT2D eigenvalue weighted by atomic mass is 32.2. The minimum atomic E-state index is -3.57. The lowest BCUT2D eigenvalue weighted by atomic mass is 9.88. The first-order chi connectivity index (χ1) is 12.7. The first-order valence-corrected chi connectivity index (χ1v) is 10.6. The van der Waals surface area contributed by atoms with E-state index in [1.54, 1.807) is 38.3 Å². The van der Waals surface area contributed by atoms with Crippen LogP contribution in [0.4, 0.5) is 4.79 Å². The number of hydrogen-bond donors (Lipinski definition) is 1. The van der Waals surface area contributed by atoms with Crippen LogP contribution in [0.15, 0.2) is 29.2 Å². The molecule has 0 aromatic heterocycles. The number of carbonyl (C=O) groups is 1. The number of hydrogen-bond acceptors (Lipinski definition) is 5. The fourth-order valence-corrected chi connectivity index (χ4v) is 4.40. The third-order valence-corrected chi connectivity index (χ3v) is 6.16. The summed E-state index contributed by atoms with van der Waals surface area (Å²) >= 11 is 0. The van der Waals surface area contributed by atoms with E-state index in [1.165, 1.54) is 4.31 Å². The Morgan fingerprint density at radius 1 is 1.19 bits per heavy atom. The van der Waals surface area contributed by atoms with Crippen LogP contribution < -0.4 is 10.1 Å². The molecule has 0 fully saturated rings. The standard InChI is InChI=1S/C19H32N2O5S/c1-6-21(27(23,24)17-11-9-16(25-5)10-12-17)15-19(3,4)13-8-14-20-18(22)26-7-2/h9-12H,6-8,13-15H2,1-5H3,(H,20,22). The van der Waals surface area contributed by atoms with E-state index in [1.807, 2.05) is 20.8 Å². The first-order valence-electron chi connectivity index (χ1n) is 9.21. The van der Waals surface area contributed by atoms with Crippen molar-refractivity contribution in [3.05, 3.63) is 24.3 Å². The van der Waals surface area contributed by atoms with Crippen molar-refractivity contribution in [1.82, 2.24) is 9.62 Å². The fraction of sp³-hybridized carbons (Fsp3) is 0.632. The number of nitrogens with zero attached hydrogens (tertiary/aromatic N) is 1. The molecular formula is C19H32N2O5S. The highest BCUT2D eigenvalue weighted by Crippen LogP contribution is 2.27. The molecule has 0 aliphatic heterocycles. The molecular weight excluding hydrogens is 368 g/mol. The lowest BCUT2D eigenvalue weighted by Gasteiger charge is -2.31. The molecule has 27 heavy (non-hydrogen) atoms. The molecule has 0 bridgehead atoms. The second-order valence-electron chi connectivity index (χ2n) is 7.02. The van der Waals surface area contributed by atoms with Crippen molar-refractivity contribution in [3.63, 3.8) is 0 Å². The van der Waals surface area contributed by atoms with Gasteiger partial charge in [-0.05, 0) is 49.4 Å². The maximum absolute atomic E-state index is 12.9. The number of methoxy groups -OCH3 is 1. The number of alkyl carbamates (subject to hydrolysis) is 1. The molecule has 1 aromatic rings. The van der Waals surface area contributed by atoms with Gasteiger partial charge in [0.05, 0.1) is 18.6 Å². The van der Waals surface area contributed by atoms with Crippen LogP contribution in [0.1, 0.15) is 40.5 Å². The molecule has 0 heterocycles. The Kier molecular flexibility index (Phi) is 9.05. The summed E-state index contributed by atoms with van der Waals surface area (Å²) in [5, 5.41) is 2.69. The summed E-state index contributed by atoms with van der Waals surface area (Å²) in [6.45, 7) is 9.28. The molecule has 0 aliphatic carbocycles. The van der Waals surface area contributed by atoms with Gasteiger partial charge in [-0.25, -0.2) is 13.2 Å². The molecule has 8 heteroatoms. The number of rotatable bonds is 11. The van der Waals surface area contributed by atoms with Crippen molar-refractivity contribution in [3.8, 4) is 5.75 Å². The van der Waals surface area contributed by atoms with Gasteiger partial charge in [-0.1, -0.05) is 20.8 Å². The van der Waals surface area contributed by atoms with Gasteiger partial charge < -0.3 is 14.8 Å². The van der Waals surface area contributed by atoms with Gasteiger partial charge in [-0.3, -0.25) is 0 Å². The van der Waals surface area contributed by atoms with Crippen LogP contribution in [0, 0.1) is 5.41 Å². The molecule has 154 valence electrons. The zero-order valence-corrected chi connectivity index (χ0v) is 17.8. The summed E-state index contributed by atoms with van der Waals surface area (Å²) in [6, 6.07) is 6.42. The molecule has 7 nitrogen and oxygen atoms in total. The summed E-state index contributed by atoms with van der Waals surface area (Å²) in [5.74, 6) is 0.617. The Bertz CT molecular complexity index is 687. The monoisotopic (exact) mass is 400 g/mol. The zero-order valence-electron chi connectivity index (χ0n) is 16.9. The predicted molar refractivity (Wildman–Crippen MR) is 105 cm³/mol. The van der Waals surface area contributed by atoms with Gasteiger partial charge >= 0.3 is 6.09 Å². The third kappa shape index (κ3) is 7.38. The second kappa shape index (κ2) is 10.5. The van der Waals surface area contributed by atoms with Crippen LogP contribution >= 0.6 is 0 Å². The van der Waals surface area contributed by atoms with E-state index in [4.69, 9.17) is 9.47 Å². The Balaban J connectivity index is 2.69. The van der Waals surface area contributed by atoms with Crippen LogP contribution in [0.2, 0.25) is 0 Å². The van der Waals surface area contributed by atoms with E-state index in [0.717, 1.165) is 12.8 Å². The van der Waals surface area contributed by atoms with Crippen molar-refractivity contribution < 1.29 is 22.7 Å². The maximum Gasteiger partial charge on any atom is 0.407 e. The summed E-state index contributed by atoms with van der Waals surface area (Å²) in [6.07, 6.45) is 1.09. The highest BCUT2D eigenvalue weighted by molar-refractivity contribution is 7.89. The average molecular weight is 401 g/mol. The lowest BCUT2D eigenvalue weighted by Crippen LogP contribution is -2.39. The van der Waals surface area contributed by atoms with Crippen molar-refractivity contribution in [2.24, 2.45) is 5.41 Å². The minimum absolute atomic E-state index is 0.230. The van der Waals surface area contributed by atoms with Gasteiger partial charge in [0.15, 0.2) is 0 Å². The molecule has 0 spiro atoms. The Labute approximate surface area is 163 Å². The van der Waals surface area contributed by atoms with E-state index < -0.39 is 16.1 Å². The van der Waals surface area contributed by atoms with Crippen molar-refractivity contribution in [1.29, 1.82) is 0 Å². The quantitative estimate of drug-likeness (QED) is 0.576. The lowest BCUT2D eigenvalue weighted by molar-refractivity contribution is 0.151. The van der Waals surface area contributed by atoms with Gasteiger partial charge in [0, 0.05) is 19.6 Å². The summed E-state index contributed by atoms with van der Waals surface area (Å²) < 4.78 is 37.3. The Morgan fingerprint density at radius 2 is 1.81 bits per heavy atom. The topological polar surface area (TPSA) is 84.9 Å². The predicted octanol–water partition coefficient (Wildman–Crippen LogP) is 3.26. The summed E-state index contributed by atoms with van der Waals surface area (Å²) in [5.41, 5.74) is -0.230. The average Bonchev–Trinajstić information content (AvgIpc) is 2.63. The molecule has 0 radical (unpaired) electrons. The molecule has 1 amide bonds. The number of sulfonamides is 1. The van der Waals surface area contributed by atoms with Crippen LogP contribution in [0.3, 0.4) is 0 Å². The van der Waals surface area contributed by atoms with Gasteiger partial charge in [0.1, 0.15) is 5.75 Å². The number of ether oxygens (including phenoxy) is 2. The number of amides is 1. The normalized spacial score (nSPS) is 12.1. The van der Waals surface area contributed by atoms with Gasteiger partial charge in [0.2, 0.25) is 10.0 Å². The maximum atomic E-state index is 12.9. The second-order valence-corrected chi connectivity index (χ2v) is 8.96. The van der Waals surface area contributed by atoms with Gasteiger partial charge in [-0.2, -0.15) is 4.31 Å². The molecule has 0 saturated heterocycles. The van der Waals surface area contributed by atoms with E-state index >= 15 is 0 Å². The molecule has 0 atom stereocenters. The smallest absolute Gasteiger partial charge is 0.407 e. The van der Waals surface area contributed by atoms with E-state index in [-0.39, 0.29) is 10.3 Å². The fourth-order valence-electron chi connectivity index (χ4n) is 2.76. The SMILES string of the molecule is CCOC(=O)NCCCC(C)(C)CN(CC)S(=O)(=O)c1ccc(OC)cc1. The summed E-state index contributed by atoms with van der Waals surface area (Å²) in [4.78, 5) is 11.6. The number of carbonyl (C=O) groups excluding carboxylic acids is 1. The minimum Gasteiger partial charge on any atom is -0.497 e. The van der Waals surface area contributed by atoms with Crippen molar-refractivity contribution >= 4 is 16.1 Å². The van der Waals surface area contributed by atoms with Gasteiger partial charge in [-0.15, -0.1) is 0 Å². The molecule has 1 N–H and O–H groups in total. The Hall–Kier alpha value is -1.80. The van der Waals surface area contributed by atoms with Crippen LogP contribution in [0.5, 0.6) is 5.75 Å². The highest BCUT2D eigenvalue weighted by Gasteiger charge is 2.29. The largest absolute Gasteiger partial charge is 0.497 e. The molecule has 1 rings (SSSR count). The molecule has 0 saturated carbocycles. The van der Waals surface area contributed by atoms with E-state index in [9.17, 15) is 13.2 Å². The first kappa shape index (κ1) is 23.2. The van der Waals surface area contributed by atoms with E-state index in [2.05, 4.69) is 5.32 Å². The van der Waals surface area contributed by atoms with Crippen LogP contribution in [-0.2, 0) is 14.8 Å². The van der Waals surface area contributed by atoms with Crippen molar-refractivity contribution in [2.45, 2.75) is 45.4 Å². The molecule has 1 aromatic carbocycles. The van der Waals surface area contributed by atoms with Gasteiger partial charge in [0.25, 0.3) is 0 Å².